The molecule has 9 heteroatoms. The average Bonchev–Trinajstić information content (AvgIpc) is 3.51. The first kappa shape index (κ1) is 22.6. The second-order valence-corrected chi connectivity index (χ2v) is 9.53. The smallest absolute Gasteiger partial charge is 0.256 e. The van der Waals surface area contributed by atoms with E-state index in [0.29, 0.717) is 39.8 Å². The number of fused-ring (bicyclic) bond motifs is 4. The monoisotopic (exact) mass is 488 g/mol. The first-order valence-electron chi connectivity index (χ1n) is 12.4. The first-order chi connectivity index (χ1) is 17.5. The van der Waals surface area contributed by atoms with Crippen molar-refractivity contribution in [1.82, 2.24) is 9.80 Å². The molecule has 4 aliphatic rings. The molecule has 36 heavy (non-hydrogen) atoms. The van der Waals surface area contributed by atoms with E-state index in [2.05, 4.69) is 9.98 Å². The zero-order valence-electron chi connectivity index (χ0n) is 20.4. The van der Waals surface area contributed by atoms with E-state index in [0.717, 1.165) is 44.3 Å². The minimum atomic E-state index is -0.0897. The highest BCUT2D eigenvalue weighted by molar-refractivity contribution is 6.04. The fourth-order valence-corrected chi connectivity index (χ4v) is 5.41. The third-order valence-corrected chi connectivity index (χ3v) is 7.36. The van der Waals surface area contributed by atoms with Crippen molar-refractivity contribution in [2.75, 3.05) is 27.0 Å². The van der Waals surface area contributed by atoms with E-state index in [1.807, 2.05) is 35.2 Å². The molecule has 0 unspecified atom stereocenters. The lowest BCUT2D eigenvalue weighted by Gasteiger charge is -2.21. The maximum Gasteiger partial charge on any atom is 0.256 e. The van der Waals surface area contributed by atoms with Crippen LogP contribution < -0.4 is 14.2 Å². The Hall–Kier alpha value is -3.88. The van der Waals surface area contributed by atoms with Crippen molar-refractivity contribution >= 4 is 35.6 Å². The van der Waals surface area contributed by atoms with E-state index in [9.17, 15) is 9.59 Å². The number of rotatable bonds is 5. The number of methoxy groups -OCH3 is 1. The third-order valence-electron chi connectivity index (χ3n) is 7.36. The van der Waals surface area contributed by atoms with Crippen LogP contribution in [-0.2, 0) is 0 Å². The highest BCUT2D eigenvalue weighted by Gasteiger charge is 2.33. The van der Waals surface area contributed by atoms with Crippen molar-refractivity contribution in [3.8, 4) is 17.2 Å². The molecule has 2 aromatic carbocycles. The molecule has 2 fully saturated rings. The molecule has 0 N–H and O–H groups in total. The zero-order chi connectivity index (χ0) is 24.8. The minimum absolute atomic E-state index is 0.0150. The van der Waals surface area contributed by atoms with E-state index >= 15 is 0 Å². The zero-order valence-corrected chi connectivity index (χ0v) is 20.4. The van der Waals surface area contributed by atoms with E-state index in [1.165, 1.54) is 7.11 Å². The van der Waals surface area contributed by atoms with Crippen LogP contribution in [0.25, 0.3) is 0 Å². The van der Waals surface area contributed by atoms with Gasteiger partial charge in [0.2, 0.25) is 6.79 Å². The Morgan fingerprint density at radius 1 is 0.806 bits per heavy atom. The van der Waals surface area contributed by atoms with Crippen LogP contribution in [0.4, 0.5) is 11.4 Å². The summed E-state index contributed by atoms with van der Waals surface area (Å²) < 4.78 is 17.4. The molecule has 2 atom stereocenters. The standard InChI is InChI=1S/C27H28N4O5/c1-16-9-19-21(28-13-17-5-3-7-30(17)26(19)32)11-23(16)35-15-36-25-12-22-20(10-24(25)34-2)27(33)31-8-4-6-18(31)14-29-22/h9-14,17-18H,3-8,15H2,1-2H3/t17-,18-/m0/s1. The molecule has 2 aromatic rings. The summed E-state index contributed by atoms with van der Waals surface area (Å²) in [5.41, 5.74) is 3.08. The Morgan fingerprint density at radius 3 is 1.97 bits per heavy atom. The number of hydrogen-bond acceptors (Lipinski definition) is 7. The number of carbonyl (C=O) groups is 2. The first-order valence-corrected chi connectivity index (χ1v) is 12.4. The van der Waals surface area contributed by atoms with Gasteiger partial charge in [-0.15, -0.1) is 0 Å². The van der Waals surface area contributed by atoms with Crippen molar-refractivity contribution in [3.63, 3.8) is 0 Å². The van der Waals surface area contributed by atoms with Gasteiger partial charge in [0.15, 0.2) is 11.5 Å². The Bertz CT molecular complexity index is 1300. The molecule has 6 rings (SSSR count). The maximum atomic E-state index is 13.0. The Morgan fingerprint density at radius 2 is 1.36 bits per heavy atom. The van der Waals surface area contributed by atoms with Crippen LogP contribution in [0.3, 0.4) is 0 Å². The number of ether oxygens (including phenoxy) is 3. The molecule has 4 heterocycles. The molecular weight excluding hydrogens is 460 g/mol. The van der Waals surface area contributed by atoms with Gasteiger partial charge in [-0.05, 0) is 50.3 Å². The number of nitrogens with zero attached hydrogens (tertiary/aromatic N) is 4. The molecule has 0 spiro atoms. The predicted molar refractivity (Wildman–Crippen MR) is 135 cm³/mol. The molecule has 0 aromatic heterocycles. The molecule has 0 radical (unpaired) electrons. The quantitative estimate of drug-likeness (QED) is 0.592. The van der Waals surface area contributed by atoms with Crippen molar-refractivity contribution < 1.29 is 23.8 Å². The molecule has 0 aliphatic carbocycles. The van der Waals surface area contributed by atoms with Crippen molar-refractivity contribution in [3.05, 3.63) is 41.0 Å². The van der Waals surface area contributed by atoms with Crippen LogP contribution in [-0.4, -0.2) is 73.1 Å². The molecule has 9 nitrogen and oxygen atoms in total. The topological polar surface area (TPSA) is 93.0 Å². The predicted octanol–water partition coefficient (Wildman–Crippen LogP) is 4.06. The molecule has 2 saturated heterocycles. The molecule has 2 amide bonds. The summed E-state index contributed by atoms with van der Waals surface area (Å²) in [7, 11) is 1.54. The van der Waals surface area contributed by atoms with Gasteiger partial charge >= 0.3 is 0 Å². The number of aryl methyl sites for hydroxylation is 1. The summed E-state index contributed by atoms with van der Waals surface area (Å²) in [5.74, 6) is 1.43. The maximum absolute atomic E-state index is 13.0. The van der Waals surface area contributed by atoms with Crippen molar-refractivity contribution in [1.29, 1.82) is 0 Å². The minimum Gasteiger partial charge on any atom is -0.493 e. The van der Waals surface area contributed by atoms with Crippen LogP contribution >= 0.6 is 0 Å². The largest absolute Gasteiger partial charge is 0.493 e. The summed E-state index contributed by atoms with van der Waals surface area (Å²) in [6.45, 7) is 3.30. The van der Waals surface area contributed by atoms with Crippen LogP contribution in [0.1, 0.15) is 52.0 Å². The average molecular weight is 489 g/mol. The van der Waals surface area contributed by atoms with E-state index < -0.39 is 0 Å². The fraction of sp³-hybridized carbons (Fsp3) is 0.407. The van der Waals surface area contributed by atoms with Crippen molar-refractivity contribution in [2.24, 2.45) is 9.98 Å². The van der Waals surface area contributed by atoms with Crippen LogP contribution in [0.15, 0.2) is 34.3 Å². The number of carbonyl (C=O) groups excluding carboxylic acids is 2. The second kappa shape index (κ2) is 8.96. The van der Waals surface area contributed by atoms with Crippen LogP contribution in [0.5, 0.6) is 17.2 Å². The van der Waals surface area contributed by atoms with Gasteiger partial charge in [-0.3, -0.25) is 19.6 Å². The molecule has 186 valence electrons. The summed E-state index contributed by atoms with van der Waals surface area (Å²) >= 11 is 0. The van der Waals surface area contributed by atoms with Gasteiger partial charge in [-0.25, -0.2) is 0 Å². The lowest BCUT2D eigenvalue weighted by molar-refractivity contribution is 0.0767. The molecular formula is C27H28N4O5. The summed E-state index contributed by atoms with van der Waals surface area (Å²) in [6.07, 6.45) is 7.55. The van der Waals surface area contributed by atoms with Gasteiger partial charge in [0.1, 0.15) is 5.75 Å². The Balaban J connectivity index is 1.21. The van der Waals surface area contributed by atoms with E-state index in [1.54, 1.807) is 18.2 Å². The molecule has 4 aliphatic heterocycles. The molecule has 0 saturated carbocycles. The second-order valence-electron chi connectivity index (χ2n) is 9.53. The molecule has 0 bridgehead atoms. The highest BCUT2D eigenvalue weighted by Crippen LogP contribution is 2.39. The lowest BCUT2D eigenvalue weighted by Crippen LogP contribution is -2.35. The lowest BCUT2D eigenvalue weighted by atomic mass is 10.1. The number of aliphatic imine (C=N–C) groups is 2. The Labute approximate surface area is 209 Å². The fourth-order valence-electron chi connectivity index (χ4n) is 5.41. The van der Waals surface area contributed by atoms with Gasteiger partial charge in [0.25, 0.3) is 11.8 Å². The SMILES string of the molecule is COc1cc2c(cc1OCOc1cc3c(cc1C)C(=O)N1CCC[C@H]1C=N3)N=C[C@@H]1CCCN1C2=O. The number of amides is 2. The van der Waals surface area contributed by atoms with Gasteiger partial charge < -0.3 is 24.0 Å². The Kier molecular flexibility index (Phi) is 5.62. The van der Waals surface area contributed by atoms with Crippen LogP contribution in [0.2, 0.25) is 0 Å². The number of hydrogen-bond donors (Lipinski definition) is 0. The van der Waals surface area contributed by atoms with Gasteiger partial charge in [0, 0.05) is 37.7 Å². The summed E-state index contributed by atoms with van der Waals surface area (Å²) in [6, 6.07) is 7.12. The van der Waals surface area contributed by atoms with E-state index in [-0.39, 0.29) is 30.7 Å². The normalized spacial score (nSPS) is 21.9. The number of benzene rings is 2. The third kappa shape index (κ3) is 3.79. The van der Waals surface area contributed by atoms with Gasteiger partial charge in [-0.1, -0.05) is 0 Å². The highest BCUT2D eigenvalue weighted by atomic mass is 16.7. The van der Waals surface area contributed by atoms with E-state index in [4.69, 9.17) is 14.2 Å². The van der Waals surface area contributed by atoms with Gasteiger partial charge in [-0.2, -0.15) is 0 Å². The summed E-state index contributed by atoms with van der Waals surface area (Å²) in [5, 5.41) is 0. The van der Waals surface area contributed by atoms with Gasteiger partial charge in [0.05, 0.1) is 41.7 Å². The van der Waals surface area contributed by atoms with Crippen LogP contribution in [0, 0.1) is 6.92 Å². The van der Waals surface area contributed by atoms with Crippen molar-refractivity contribution in [2.45, 2.75) is 44.7 Å². The summed E-state index contributed by atoms with van der Waals surface area (Å²) in [4.78, 5) is 39.0.